The van der Waals surface area contributed by atoms with Crippen LogP contribution < -0.4 is 10.6 Å². The van der Waals surface area contributed by atoms with E-state index in [9.17, 15) is 14.7 Å². The minimum atomic E-state index is -0.756. The normalized spacial score (nSPS) is 20.8. The van der Waals surface area contributed by atoms with E-state index in [1.165, 1.54) is 0 Å². The predicted molar refractivity (Wildman–Crippen MR) is 79.2 cm³/mol. The van der Waals surface area contributed by atoms with Crippen LogP contribution in [0.1, 0.15) is 31.2 Å². The molecule has 1 aromatic rings. The number of benzene rings is 1. The number of rotatable bonds is 4. The molecule has 0 aromatic heterocycles. The van der Waals surface area contributed by atoms with Crippen LogP contribution in [-0.2, 0) is 15.0 Å². The van der Waals surface area contributed by atoms with Gasteiger partial charge in [-0.1, -0.05) is 12.1 Å². The molecule has 2 aliphatic rings. The number of anilines is 1. The van der Waals surface area contributed by atoms with Gasteiger partial charge in [0.15, 0.2) is 0 Å². The first-order valence-electron chi connectivity index (χ1n) is 7.47. The number of carboxylic acid groups (broad SMARTS) is 1. The topological polar surface area (TPSA) is 78.4 Å². The first-order valence-corrected chi connectivity index (χ1v) is 7.47. The molecule has 1 aliphatic heterocycles. The molecule has 1 heterocycles. The molecule has 1 saturated carbocycles. The third kappa shape index (κ3) is 2.78. The van der Waals surface area contributed by atoms with Gasteiger partial charge in [0.25, 0.3) is 0 Å². The average molecular weight is 288 g/mol. The molecule has 1 aliphatic carbocycles. The van der Waals surface area contributed by atoms with Crippen LogP contribution in [0, 0.1) is 5.92 Å². The zero-order valence-corrected chi connectivity index (χ0v) is 11.9. The Morgan fingerprint density at radius 1 is 1.14 bits per heavy atom. The number of carboxylic acids is 1. The summed E-state index contributed by atoms with van der Waals surface area (Å²) in [5.74, 6) is -0.627. The van der Waals surface area contributed by atoms with Crippen molar-refractivity contribution in [1.29, 1.82) is 0 Å². The third-order valence-electron chi connectivity index (χ3n) is 4.57. The SMILES string of the molecule is O=C(Nc1ccc(C2(C(=O)O)CC2)cc1)C1CCNCC1. The Kier molecular flexibility index (Phi) is 3.68. The minimum absolute atomic E-state index is 0.0589. The van der Waals surface area contributed by atoms with Crippen LogP contribution in [0.25, 0.3) is 0 Å². The monoisotopic (exact) mass is 288 g/mol. The second-order valence-corrected chi connectivity index (χ2v) is 5.98. The Hall–Kier alpha value is -1.88. The maximum atomic E-state index is 12.1. The van der Waals surface area contributed by atoms with Crippen molar-refractivity contribution in [2.24, 2.45) is 5.92 Å². The molecule has 0 spiro atoms. The number of aliphatic carboxylic acids is 1. The summed E-state index contributed by atoms with van der Waals surface area (Å²) in [4.78, 5) is 23.4. The van der Waals surface area contributed by atoms with Crippen LogP contribution in [0.15, 0.2) is 24.3 Å². The van der Waals surface area contributed by atoms with Gasteiger partial charge in [0.05, 0.1) is 5.41 Å². The van der Waals surface area contributed by atoms with Gasteiger partial charge in [-0.15, -0.1) is 0 Å². The molecule has 0 bridgehead atoms. The van der Waals surface area contributed by atoms with Gasteiger partial charge in [-0.25, -0.2) is 0 Å². The fourth-order valence-electron chi connectivity index (χ4n) is 2.95. The summed E-state index contributed by atoms with van der Waals surface area (Å²) in [6.07, 6.45) is 3.13. The van der Waals surface area contributed by atoms with Crippen molar-refractivity contribution in [1.82, 2.24) is 5.32 Å². The van der Waals surface area contributed by atoms with Gasteiger partial charge in [0, 0.05) is 11.6 Å². The van der Waals surface area contributed by atoms with Gasteiger partial charge in [-0.3, -0.25) is 9.59 Å². The molecule has 5 nitrogen and oxygen atoms in total. The number of hydrogen-bond acceptors (Lipinski definition) is 3. The van der Waals surface area contributed by atoms with Crippen molar-refractivity contribution in [2.75, 3.05) is 18.4 Å². The van der Waals surface area contributed by atoms with Crippen LogP contribution >= 0.6 is 0 Å². The van der Waals surface area contributed by atoms with E-state index in [-0.39, 0.29) is 11.8 Å². The molecule has 5 heteroatoms. The zero-order valence-electron chi connectivity index (χ0n) is 11.9. The number of hydrogen-bond donors (Lipinski definition) is 3. The van der Waals surface area contributed by atoms with Crippen LogP contribution in [0.3, 0.4) is 0 Å². The van der Waals surface area contributed by atoms with E-state index >= 15 is 0 Å². The van der Waals surface area contributed by atoms with Crippen LogP contribution in [0.4, 0.5) is 5.69 Å². The van der Waals surface area contributed by atoms with E-state index in [1.807, 2.05) is 12.1 Å². The average Bonchev–Trinajstić information content (AvgIpc) is 3.31. The summed E-state index contributed by atoms with van der Waals surface area (Å²) in [7, 11) is 0. The Bertz CT molecular complexity index is 543. The number of carbonyl (C=O) groups excluding carboxylic acids is 1. The second-order valence-electron chi connectivity index (χ2n) is 5.98. The van der Waals surface area contributed by atoms with E-state index in [0.717, 1.165) is 37.2 Å². The highest BCUT2D eigenvalue weighted by atomic mass is 16.4. The van der Waals surface area contributed by atoms with Gasteiger partial charge in [-0.05, 0) is 56.5 Å². The van der Waals surface area contributed by atoms with Gasteiger partial charge in [-0.2, -0.15) is 0 Å². The second kappa shape index (κ2) is 5.48. The molecule has 0 atom stereocenters. The van der Waals surface area contributed by atoms with Gasteiger partial charge in [0.1, 0.15) is 0 Å². The van der Waals surface area contributed by atoms with E-state index in [1.54, 1.807) is 12.1 Å². The highest BCUT2D eigenvalue weighted by molar-refractivity contribution is 5.93. The molecule has 1 saturated heterocycles. The molecule has 2 fully saturated rings. The van der Waals surface area contributed by atoms with Crippen LogP contribution in [0.5, 0.6) is 0 Å². The number of carbonyl (C=O) groups is 2. The molecule has 3 N–H and O–H groups in total. The molecular weight excluding hydrogens is 268 g/mol. The maximum Gasteiger partial charge on any atom is 0.314 e. The van der Waals surface area contributed by atoms with E-state index in [0.29, 0.717) is 12.8 Å². The van der Waals surface area contributed by atoms with Crippen LogP contribution in [-0.4, -0.2) is 30.1 Å². The molecule has 0 radical (unpaired) electrons. The third-order valence-corrected chi connectivity index (χ3v) is 4.57. The largest absolute Gasteiger partial charge is 0.481 e. The zero-order chi connectivity index (χ0) is 14.9. The van der Waals surface area contributed by atoms with Crippen molar-refractivity contribution in [3.05, 3.63) is 29.8 Å². The first-order chi connectivity index (χ1) is 10.1. The Morgan fingerprint density at radius 2 is 1.76 bits per heavy atom. The Morgan fingerprint density at radius 3 is 2.29 bits per heavy atom. The van der Waals surface area contributed by atoms with Crippen molar-refractivity contribution in [2.45, 2.75) is 31.1 Å². The molecule has 3 rings (SSSR count). The molecule has 0 unspecified atom stereocenters. The molecular formula is C16H20N2O3. The summed E-state index contributed by atoms with van der Waals surface area (Å²) >= 11 is 0. The highest BCUT2D eigenvalue weighted by Gasteiger charge is 2.51. The van der Waals surface area contributed by atoms with E-state index in [2.05, 4.69) is 10.6 Å². The minimum Gasteiger partial charge on any atom is -0.481 e. The predicted octanol–water partition coefficient (Wildman–Crippen LogP) is 1.74. The fraction of sp³-hybridized carbons (Fsp3) is 0.500. The fourth-order valence-corrected chi connectivity index (χ4v) is 2.95. The lowest BCUT2D eigenvalue weighted by molar-refractivity contribution is -0.140. The summed E-state index contributed by atoms with van der Waals surface area (Å²) in [5.41, 5.74) is 0.885. The number of piperidine rings is 1. The highest BCUT2D eigenvalue weighted by Crippen LogP contribution is 2.48. The summed E-state index contributed by atoms with van der Waals surface area (Å²) in [6, 6.07) is 7.24. The van der Waals surface area contributed by atoms with Gasteiger partial charge >= 0.3 is 5.97 Å². The van der Waals surface area contributed by atoms with Crippen molar-refractivity contribution < 1.29 is 14.7 Å². The Labute approximate surface area is 123 Å². The smallest absolute Gasteiger partial charge is 0.314 e. The van der Waals surface area contributed by atoms with Crippen molar-refractivity contribution in [3.8, 4) is 0 Å². The van der Waals surface area contributed by atoms with Gasteiger partial charge in [0.2, 0.25) is 5.91 Å². The molecule has 21 heavy (non-hydrogen) atoms. The summed E-state index contributed by atoms with van der Waals surface area (Å²) < 4.78 is 0. The number of amides is 1. The summed E-state index contributed by atoms with van der Waals surface area (Å²) in [6.45, 7) is 1.77. The quantitative estimate of drug-likeness (QED) is 0.788. The first kappa shape index (κ1) is 14.1. The maximum absolute atomic E-state index is 12.1. The molecule has 112 valence electrons. The molecule has 1 amide bonds. The van der Waals surface area contributed by atoms with Crippen LogP contribution in [0.2, 0.25) is 0 Å². The lowest BCUT2D eigenvalue weighted by Crippen LogP contribution is -2.34. The Balaban J connectivity index is 1.65. The lowest BCUT2D eigenvalue weighted by Gasteiger charge is -2.21. The van der Waals surface area contributed by atoms with Gasteiger partial charge < -0.3 is 15.7 Å². The van der Waals surface area contributed by atoms with E-state index in [4.69, 9.17) is 0 Å². The van der Waals surface area contributed by atoms with Crippen molar-refractivity contribution in [3.63, 3.8) is 0 Å². The summed E-state index contributed by atoms with van der Waals surface area (Å²) in [5, 5.41) is 15.4. The number of nitrogens with one attached hydrogen (secondary N) is 2. The molecule has 1 aromatic carbocycles. The van der Waals surface area contributed by atoms with E-state index < -0.39 is 11.4 Å². The lowest BCUT2D eigenvalue weighted by atomic mass is 9.95. The standard InChI is InChI=1S/C16H20N2O3/c19-14(11-5-9-17-10-6-11)18-13-3-1-12(2-4-13)16(7-8-16)15(20)21/h1-4,11,17H,5-10H2,(H,18,19)(H,20,21). The van der Waals surface area contributed by atoms with Crippen molar-refractivity contribution >= 4 is 17.6 Å².